The summed E-state index contributed by atoms with van der Waals surface area (Å²) in [6.07, 6.45) is 4.80. The summed E-state index contributed by atoms with van der Waals surface area (Å²) in [5.41, 5.74) is 1.27. The molecule has 1 aromatic rings. The molecule has 0 aliphatic heterocycles. The number of sulfonamides is 1. The minimum absolute atomic E-state index is 0.257. The third-order valence-electron chi connectivity index (χ3n) is 5.15. The van der Waals surface area contributed by atoms with Gasteiger partial charge >= 0.3 is 0 Å². The molecule has 0 amide bonds. The van der Waals surface area contributed by atoms with Gasteiger partial charge in [-0.25, -0.2) is 18.1 Å². The molecule has 3 N–H and O–H groups in total. The number of aliphatic imine (C=N–C) groups is 1. The lowest BCUT2D eigenvalue weighted by atomic mass is 9.67. The van der Waals surface area contributed by atoms with Crippen LogP contribution in [0.5, 0.6) is 0 Å². The molecule has 0 heterocycles. The second-order valence-corrected chi connectivity index (χ2v) is 8.88. The van der Waals surface area contributed by atoms with Crippen molar-refractivity contribution in [2.75, 3.05) is 33.9 Å². The molecular formula is C19H32N4O3S. The van der Waals surface area contributed by atoms with Gasteiger partial charge in [-0.15, -0.1) is 0 Å². The third-order valence-corrected chi connectivity index (χ3v) is 6.58. The van der Waals surface area contributed by atoms with Gasteiger partial charge in [0.15, 0.2) is 5.96 Å². The van der Waals surface area contributed by atoms with Gasteiger partial charge < -0.3 is 15.4 Å². The number of nitrogens with zero attached hydrogens (tertiary/aromatic N) is 1. The summed E-state index contributed by atoms with van der Waals surface area (Å²) in [7, 11) is -0.250. The van der Waals surface area contributed by atoms with Gasteiger partial charge in [-0.1, -0.05) is 18.6 Å². The smallest absolute Gasteiger partial charge is 0.240 e. The summed E-state index contributed by atoms with van der Waals surface area (Å²) < 4.78 is 31.1. The summed E-state index contributed by atoms with van der Waals surface area (Å²) in [4.78, 5) is 4.89. The SMILES string of the molecule is CCNC(=NCc1ccc(S(=O)(=O)NC)cc1)NCC1(CCOC)CCC1. The van der Waals surface area contributed by atoms with Crippen molar-refractivity contribution in [3.63, 3.8) is 0 Å². The number of guanidine groups is 1. The average molecular weight is 397 g/mol. The number of hydrogen-bond donors (Lipinski definition) is 3. The first-order chi connectivity index (χ1) is 12.9. The van der Waals surface area contributed by atoms with Gasteiger partial charge in [0.05, 0.1) is 11.4 Å². The van der Waals surface area contributed by atoms with Crippen molar-refractivity contribution in [1.29, 1.82) is 0 Å². The highest BCUT2D eigenvalue weighted by molar-refractivity contribution is 7.89. The first-order valence-corrected chi connectivity index (χ1v) is 11.0. The molecule has 0 aromatic heterocycles. The summed E-state index contributed by atoms with van der Waals surface area (Å²) >= 11 is 0. The monoisotopic (exact) mass is 396 g/mol. The Morgan fingerprint density at radius 2 is 1.93 bits per heavy atom. The number of nitrogens with one attached hydrogen (secondary N) is 3. The average Bonchev–Trinajstić information content (AvgIpc) is 2.65. The molecule has 152 valence electrons. The van der Waals surface area contributed by atoms with Gasteiger partial charge in [-0.05, 0) is 56.3 Å². The highest BCUT2D eigenvalue weighted by atomic mass is 32.2. The van der Waals surface area contributed by atoms with Crippen LogP contribution < -0.4 is 15.4 Å². The molecule has 0 spiro atoms. The Kier molecular flexibility index (Phi) is 8.07. The van der Waals surface area contributed by atoms with Crippen molar-refractivity contribution >= 4 is 16.0 Å². The molecule has 0 unspecified atom stereocenters. The van der Waals surface area contributed by atoms with Crippen molar-refractivity contribution in [1.82, 2.24) is 15.4 Å². The van der Waals surface area contributed by atoms with Gasteiger partial charge in [0.2, 0.25) is 10.0 Å². The number of hydrogen-bond acceptors (Lipinski definition) is 4. The van der Waals surface area contributed by atoms with Gasteiger partial charge in [0.1, 0.15) is 0 Å². The van der Waals surface area contributed by atoms with E-state index in [2.05, 4.69) is 20.3 Å². The molecule has 0 bridgehead atoms. The molecule has 1 fully saturated rings. The van der Waals surface area contributed by atoms with Crippen LogP contribution in [-0.2, 0) is 21.3 Å². The Bertz CT molecular complexity index is 713. The topological polar surface area (TPSA) is 91.8 Å². The van der Waals surface area contributed by atoms with E-state index in [0.717, 1.165) is 37.6 Å². The first-order valence-electron chi connectivity index (χ1n) is 9.48. The second kappa shape index (κ2) is 10.1. The van der Waals surface area contributed by atoms with Crippen LogP contribution in [0.3, 0.4) is 0 Å². The second-order valence-electron chi connectivity index (χ2n) is 7.00. The maximum Gasteiger partial charge on any atom is 0.240 e. The minimum atomic E-state index is -3.40. The van der Waals surface area contributed by atoms with Crippen LogP contribution in [0.1, 0.15) is 38.2 Å². The zero-order valence-electron chi connectivity index (χ0n) is 16.5. The predicted molar refractivity (Wildman–Crippen MR) is 108 cm³/mol. The largest absolute Gasteiger partial charge is 0.385 e. The van der Waals surface area contributed by atoms with Crippen LogP contribution >= 0.6 is 0 Å². The van der Waals surface area contributed by atoms with Gasteiger partial charge in [-0.2, -0.15) is 0 Å². The highest BCUT2D eigenvalue weighted by Crippen LogP contribution is 2.43. The van der Waals surface area contributed by atoms with Crippen molar-refractivity contribution in [3.05, 3.63) is 29.8 Å². The third kappa shape index (κ3) is 6.19. The molecule has 2 rings (SSSR count). The van der Waals surface area contributed by atoms with Crippen LogP contribution in [0, 0.1) is 5.41 Å². The Labute approximate surface area is 163 Å². The van der Waals surface area contributed by atoms with E-state index in [-0.39, 0.29) is 4.90 Å². The Morgan fingerprint density at radius 3 is 2.44 bits per heavy atom. The fourth-order valence-corrected chi connectivity index (χ4v) is 3.92. The van der Waals surface area contributed by atoms with E-state index in [1.54, 1.807) is 31.4 Å². The highest BCUT2D eigenvalue weighted by Gasteiger charge is 2.36. The molecule has 1 saturated carbocycles. The Hall–Kier alpha value is -1.64. The zero-order chi connectivity index (χ0) is 19.8. The van der Waals surface area contributed by atoms with Gasteiger partial charge in [0.25, 0.3) is 0 Å². The van der Waals surface area contributed by atoms with Crippen LogP contribution in [0.15, 0.2) is 34.2 Å². The summed E-state index contributed by atoms with van der Waals surface area (Å²) in [6, 6.07) is 6.79. The summed E-state index contributed by atoms with van der Waals surface area (Å²) in [5.74, 6) is 0.785. The number of benzene rings is 1. The number of rotatable bonds is 10. The molecule has 1 aliphatic carbocycles. The molecule has 27 heavy (non-hydrogen) atoms. The fraction of sp³-hybridized carbons (Fsp3) is 0.632. The summed E-state index contributed by atoms with van der Waals surface area (Å²) in [6.45, 7) is 4.99. The minimum Gasteiger partial charge on any atom is -0.385 e. The Balaban J connectivity index is 1.96. The standard InChI is InChI=1S/C19H32N4O3S/c1-4-21-18(23-15-19(10-5-11-19)12-13-26-3)22-14-16-6-8-17(9-7-16)27(24,25)20-2/h6-9,20H,4-5,10-15H2,1-3H3,(H2,21,22,23). The number of methoxy groups -OCH3 is 1. The van der Waals surface area contributed by atoms with E-state index < -0.39 is 10.0 Å². The van der Waals surface area contributed by atoms with Crippen molar-refractivity contribution in [2.24, 2.45) is 10.4 Å². The quantitative estimate of drug-likeness (QED) is 0.415. The van der Waals surface area contributed by atoms with E-state index in [1.807, 2.05) is 6.92 Å². The van der Waals surface area contributed by atoms with Crippen LogP contribution in [-0.4, -0.2) is 48.2 Å². The molecule has 0 radical (unpaired) electrons. The van der Waals surface area contributed by atoms with E-state index in [4.69, 9.17) is 4.74 Å². The molecule has 0 saturated heterocycles. The lowest BCUT2D eigenvalue weighted by molar-refractivity contribution is 0.0732. The lowest BCUT2D eigenvalue weighted by Crippen LogP contribution is -2.46. The molecule has 7 nitrogen and oxygen atoms in total. The lowest BCUT2D eigenvalue weighted by Gasteiger charge is -2.42. The molecular weight excluding hydrogens is 364 g/mol. The van der Waals surface area contributed by atoms with Gasteiger partial charge in [-0.3, -0.25) is 0 Å². The maximum atomic E-state index is 11.8. The predicted octanol–water partition coefficient (Wildman–Crippen LogP) is 1.86. The molecule has 1 aliphatic rings. The molecule has 1 aromatic carbocycles. The van der Waals surface area contributed by atoms with Crippen molar-refractivity contribution < 1.29 is 13.2 Å². The fourth-order valence-electron chi connectivity index (χ4n) is 3.19. The van der Waals surface area contributed by atoms with Crippen LogP contribution in [0.2, 0.25) is 0 Å². The van der Waals surface area contributed by atoms with E-state index in [9.17, 15) is 8.42 Å². The maximum absolute atomic E-state index is 11.8. The molecule has 8 heteroatoms. The Morgan fingerprint density at radius 1 is 1.22 bits per heavy atom. The summed E-state index contributed by atoms with van der Waals surface area (Å²) in [5, 5.41) is 6.74. The van der Waals surface area contributed by atoms with E-state index in [1.165, 1.54) is 26.3 Å². The van der Waals surface area contributed by atoms with E-state index in [0.29, 0.717) is 12.0 Å². The normalized spacial score (nSPS) is 16.6. The first kappa shape index (κ1) is 21.7. The van der Waals surface area contributed by atoms with Crippen LogP contribution in [0.4, 0.5) is 0 Å². The van der Waals surface area contributed by atoms with E-state index >= 15 is 0 Å². The van der Waals surface area contributed by atoms with Crippen LogP contribution in [0.25, 0.3) is 0 Å². The van der Waals surface area contributed by atoms with Crippen molar-refractivity contribution in [2.45, 2.75) is 44.0 Å². The molecule has 0 atom stereocenters. The van der Waals surface area contributed by atoms with Gasteiger partial charge in [0, 0.05) is 26.8 Å². The zero-order valence-corrected chi connectivity index (χ0v) is 17.4. The van der Waals surface area contributed by atoms with Crippen molar-refractivity contribution in [3.8, 4) is 0 Å². The number of ether oxygens (including phenoxy) is 1.